The Morgan fingerprint density at radius 2 is 2.05 bits per heavy atom. The van der Waals surface area contributed by atoms with Crippen LogP contribution in [0.2, 0.25) is 0 Å². The maximum Gasteiger partial charge on any atom is 0.337 e. The molecule has 110 valence electrons. The molecule has 0 spiro atoms. The molecule has 1 aromatic rings. The molecule has 0 aromatic heterocycles. The van der Waals surface area contributed by atoms with Crippen molar-refractivity contribution in [1.82, 2.24) is 0 Å². The summed E-state index contributed by atoms with van der Waals surface area (Å²) in [4.78, 5) is 11.5. The molecular weight excluding hydrogens is 261 g/mol. The first-order chi connectivity index (χ1) is 9.65. The molecule has 1 N–H and O–H groups in total. The summed E-state index contributed by atoms with van der Waals surface area (Å²) in [5, 5.41) is 3.16. The third-order valence-electron chi connectivity index (χ3n) is 3.73. The first-order valence-electron chi connectivity index (χ1n) is 6.83. The zero-order chi connectivity index (χ0) is 14.5. The second-order valence-electron chi connectivity index (χ2n) is 5.00. The number of hydrogen-bond donors (Lipinski definition) is 1. The molecule has 0 aliphatic heterocycles. The molecule has 1 aliphatic carbocycles. The summed E-state index contributed by atoms with van der Waals surface area (Å²) >= 11 is 0. The molecule has 5 heteroatoms. The van der Waals surface area contributed by atoms with Crippen molar-refractivity contribution in [2.45, 2.75) is 37.8 Å². The highest BCUT2D eigenvalue weighted by atomic mass is 19.1. The summed E-state index contributed by atoms with van der Waals surface area (Å²) in [6.45, 7) is 0. The van der Waals surface area contributed by atoms with Gasteiger partial charge in [0.05, 0.1) is 30.5 Å². The normalized spacial score (nSPS) is 22.4. The van der Waals surface area contributed by atoms with E-state index in [4.69, 9.17) is 4.74 Å². The molecule has 2 unspecified atom stereocenters. The number of halogens is 1. The van der Waals surface area contributed by atoms with Crippen molar-refractivity contribution < 1.29 is 18.7 Å². The average Bonchev–Trinajstić information content (AvgIpc) is 2.49. The van der Waals surface area contributed by atoms with Crippen molar-refractivity contribution in [2.75, 3.05) is 19.5 Å². The number of hydrogen-bond acceptors (Lipinski definition) is 4. The van der Waals surface area contributed by atoms with Gasteiger partial charge < -0.3 is 14.8 Å². The second kappa shape index (κ2) is 6.70. The van der Waals surface area contributed by atoms with E-state index in [1.807, 2.05) is 0 Å². The summed E-state index contributed by atoms with van der Waals surface area (Å²) in [5.74, 6) is -0.849. The topological polar surface area (TPSA) is 47.6 Å². The van der Waals surface area contributed by atoms with E-state index in [0.717, 1.165) is 25.7 Å². The Morgan fingerprint density at radius 3 is 2.75 bits per heavy atom. The monoisotopic (exact) mass is 281 g/mol. The van der Waals surface area contributed by atoms with Crippen LogP contribution in [0.1, 0.15) is 36.0 Å². The standard InChI is InChI=1S/C15H20FNO3/c1-19-14-6-4-3-5-12(14)17-13-9-10(15(18)20-2)7-8-11(13)16/h7-9,12,14,17H,3-6H2,1-2H3. The van der Waals surface area contributed by atoms with E-state index in [-0.39, 0.29) is 18.0 Å². The Morgan fingerprint density at radius 1 is 1.30 bits per heavy atom. The molecular formula is C15H20FNO3. The van der Waals surface area contributed by atoms with Gasteiger partial charge in [-0.15, -0.1) is 0 Å². The van der Waals surface area contributed by atoms with Gasteiger partial charge in [-0.25, -0.2) is 9.18 Å². The highest BCUT2D eigenvalue weighted by molar-refractivity contribution is 5.90. The fraction of sp³-hybridized carbons (Fsp3) is 0.533. The fourth-order valence-corrected chi connectivity index (χ4v) is 2.62. The van der Waals surface area contributed by atoms with Crippen LogP contribution in [0.5, 0.6) is 0 Å². The largest absolute Gasteiger partial charge is 0.465 e. The lowest BCUT2D eigenvalue weighted by molar-refractivity contribution is 0.0600. The third-order valence-corrected chi connectivity index (χ3v) is 3.73. The molecule has 0 radical (unpaired) electrons. The van der Waals surface area contributed by atoms with Crippen molar-refractivity contribution in [3.63, 3.8) is 0 Å². The summed E-state index contributed by atoms with van der Waals surface area (Å²) in [5.41, 5.74) is 0.656. The molecule has 4 nitrogen and oxygen atoms in total. The maximum atomic E-state index is 13.9. The van der Waals surface area contributed by atoms with Gasteiger partial charge in [0.2, 0.25) is 0 Å². The first kappa shape index (κ1) is 14.8. The van der Waals surface area contributed by atoms with E-state index in [9.17, 15) is 9.18 Å². The predicted octanol–water partition coefficient (Wildman–Crippen LogP) is 2.98. The van der Waals surface area contributed by atoms with Crippen LogP contribution in [0.3, 0.4) is 0 Å². The molecule has 20 heavy (non-hydrogen) atoms. The van der Waals surface area contributed by atoms with E-state index in [2.05, 4.69) is 10.1 Å². The van der Waals surface area contributed by atoms with Gasteiger partial charge in [0.15, 0.2) is 0 Å². The van der Waals surface area contributed by atoms with Gasteiger partial charge in [-0.05, 0) is 31.0 Å². The Balaban J connectivity index is 2.17. The molecule has 1 aromatic carbocycles. The molecule has 0 heterocycles. The maximum absolute atomic E-state index is 13.9. The minimum Gasteiger partial charge on any atom is -0.465 e. The number of esters is 1. The Bertz CT molecular complexity index is 478. The highest BCUT2D eigenvalue weighted by Gasteiger charge is 2.25. The summed E-state index contributed by atoms with van der Waals surface area (Å²) < 4.78 is 24.0. The predicted molar refractivity (Wildman–Crippen MR) is 74.4 cm³/mol. The number of ether oxygens (including phenoxy) is 2. The Labute approximate surface area is 118 Å². The van der Waals surface area contributed by atoms with Crippen LogP contribution in [-0.2, 0) is 9.47 Å². The fourth-order valence-electron chi connectivity index (χ4n) is 2.62. The quantitative estimate of drug-likeness (QED) is 0.862. The Hall–Kier alpha value is -1.62. The van der Waals surface area contributed by atoms with Gasteiger partial charge in [0.25, 0.3) is 0 Å². The van der Waals surface area contributed by atoms with E-state index >= 15 is 0 Å². The van der Waals surface area contributed by atoms with E-state index < -0.39 is 5.97 Å². The zero-order valence-corrected chi connectivity index (χ0v) is 11.8. The van der Waals surface area contributed by atoms with Crippen molar-refractivity contribution >= 4 is 11.7 Å². The minimum absolute atomic E-state index is 0.0659. The summed E-state index contributed by atoms with van der Waals surface area (Å²) in [6.07, 6.45) is 4.19. The second-order valence-corrected chi connectivity index (χ2v) is 5.00. The first-order valence-corrected chi connectivity index (χ1v) is 6.83. The molecule has 1 aliphatic rings. The molecule has 1 saturated carbocycles. The molecule has 0 amide bonds. The zero-order valence-electron chi connectivity index (χ0n) is 11.8. The lowest BCUT2D eigenvalue weighted by atomic mass is 9.92. The van der Waals surface area contributed by atoms with Crippen LogP contribution in [-0.4, -0.2) is 32.3 Å². The number of rotatable bonds is 4. The van der Waals surface area contributed by atoms with Gasteiger partial charge in [-0.1, -0.05) is 12.8 Å². The van der Waals surface area contributed by atoms with Crippen LogP contribution in [0.15, 0.2) is 18.2 Å². The van der Waals surface area contributed by atoms with Crippen molar-refractivity contribution in [3.05, 3.63) is 29.6 Å². The number of carbonyl (C=O) groups excluding carboxylic acids is 1. The van der Waals surface area contributed by atoms with E-state index in [0.29, 0.717) is 11.3 Å². The number of methoxy groups -OCH3 is 2. The summed E-state index contributed by atoms with van der Waals surface area (Å²) in [6, 6.07) is 4.25. The van der Waals surface area contributed by atoms with Gasteiger partial charge in [0.1, 0.15) is 5.82 Å². The molecule has 2 atom stereocenters. The average molecular weight is 281 g/mol. The molecule has 0 saturated heterocycles. The number of anilines is 1. The SMILES string of the molecule is COC(=O)c1ccc(F)c(NC2CCCCC2OC)c1. The van der Waals surface area contributed by atoms with E-state index in [1.54, 1.807) is 7.11 Å². The molecule has 1 fully saturated rings. The van der Waals surface area contributed by atoms with Crippen LogP contribution >= 0.6 is 0 Å². The smallest absolute Gasteiger partial charge is 0.337 e. The molecule has 0 bridgehead atoms. The minimum atomic E-state index is -0.472. The van der Waals surface area contributed by atoms with Crippen molar-refractivity contribution in [1.29, 1.82) is 0 Å². The number of benzene rings is 1. The van der Waals surface area contributed by atoms with Crippen LogP contribution < -0.4 is 5.32 Å². The third kappa shape index (κ3) is 3.28. The van der Waals surface area contributed by atoms with E-state index in [1.165, 1.54) is 25.3 Å². The van der Waals surface area contributed by atoms with Crippen LogP contribution in [0.4, 0.5) is 10.1 Å². The number of nitrogens with one attached hydrogen (secondary N) is 1. The van der Waals surface area contributed by atoms with Crippen LogP contribution in [0.25, 0.3) is 0 Å². The molecule has 2 rings (SSSR count). The van der Waals surface area contributed by atoms with Gasteiger partial charge >= 0.3 is 5.97 Å². The number of carbonyl (C=O) groups is 1. The van der Waals surface area contributed by atoms with Gasteiger partial charge in [0, 0.05) is 7.11 Å². The lowest BCUT2D eigenvalue weighted by Gasteiger charge is -2.32. The van der Waals surface area contributed by atoms with Crippen molar-refractivity contribution in [2.24, 2.45) is 0 Å². The lowest BCUT2D eigenvalue weighted by Crippen LogP contribution is -2.38. The highest BCUT2D eigenvalue weighted by Crippen LogP contribution is 2.26. The Kier molecular flexibility index (Phi) is 4.95. The van der Waals surface area contributed by atoms with Gasteiger partial charge in [-0.3, -0.25) is 0 Å². The van der Waals surface area contributed by atoms with Crippen LogP contribution in [0, 0.1) is 5.82 Å². The van der Waals surface area contributed by atoms with Gasteiger partial charge in [-0.2, -0.15) is 0 Å². The van der Waals surface area contributed by atoms with Crippen molar-refractivity contribution in [3.8, 4) is 0 Å². The summed E-state index contributed by atoms with van der Waals surface area (Å²) in [7, 11) is 2.98.